The van der Waals surface area contributed by atoms with Crippen molar-refractivity contribution >= 4 is 16.3 Å². The Kier molecular flexibility index (Phi) is 5.15. The van der Waals surface area contributed by atoms with Crippen molar-refractivity contribution in [2.75, 3.05) is 7.11 Å². The highest BCUT2D eigenvalue weighted by atomic mass is 16.5. The monoisotopic (exact) mass is 358 g/mol. The third kappa shape index (κ3) is 3.57. The summed E-state index contributed by atoms with van der Waals surface area (Å²) >= 11 is 0. The predicted octanol–water partition coefficient (Wildman–Crippen LogP) is 6.96. The van der Waals surface area contributed by atoms with Crippen molar-refractivity contribution in [3.8, 4) is 22.6 Å². The van der Waals surface area contributed by atoms with E-state index in [0.29, 0.717) is 0 Å². The molecule has 0 aromatic heterocycles. The van der Waals surface area contributed by atoms with E-state index in [4.69, 9.17) is 4.74 Å². The van der Waals surface area contributed by atoms with Gasteiger partial charge in [-0.25, -0.2) is 0 Å². The fraction of sp³-hybridized carbons (Fsp3) is 0.280. The van der Waals surface area contributed by atoms with E-state index in [1.54, 1.807) is 13.2 Å². The highest BCUT2D eigenvalue weighted by molar-refractivity contribution is 6.02. The first kappa shape index (κ1) is 17.7. The molecule has 0 saturated heterocycles. The van der Waals surface area contributed by atoms with Gasteiger partial charge in [0.25, 0.3) is 0 Å². The van der Waals surface area contributed by atoms with Crippen LogP contribution in [-0.4, -0.2) is 12.2 Å². The van der Waals surface area contributed by atoms with Gasteiger partial charge >= 0.3 is 0 Å². The van der Waals surface area contributed by atoms with Crippen LogP contribution in [0.1, 0.15) is 44.1 Å². The van der Waals surface area contributed by atoms with Crippen molar-refractivity contribution in [3.63, 3.8) is 0 Å². The minimum atomic E-state index is 0.287. The molecule has 0 spiro atoms. The molecule has 0 saturated carbocycles. The summed E-state index contributed by atoms with van der Waals surface area (Å²) in [6, 6.07) is 18.4. The Morgan fingerprint density at radius 3 is 2.44 bits per heavy atom. The molecule has 0 atom stereocenters. The Labute approximate surface area is 161 Å². The lowest BCUT2D eigenvalue weighted by atomic mass is 9.87. The van der Waals surface area contributed by atoms with Gasteiger partial charge < -0.3 is 9.84 Å². The number of phenols is 1. The quantitative estimate of drug-likeness (QED) is 0.548. The summed E-state index contributed by atoms with van der Waals surface area (Å²) < 4.78 is 5.35. The number of benzene rings is 3. The maximum Gasteiger partial charge on any atom is 0.123 e. The Morgan fingerprint density at radius 2 is 1.59 bits per heavy atom. The van der Waals surface area contributed by atoms with E-state index in [1.807, 2.05) is 24.3 Å². The molecule has 2 nitrogen and oxygen atoms in total. The van der Waals surface area contributed by atoms with Crippen LogP contribution in [0.2, 0.25) is 0 Å². The summed E-state index contributed by atoms with van der Waals surface area (Å²) in [7, 11) is 1.65. The third-order valence-corrected chi connectivity index (χ3v) is 5.55. The molecule has 3 aromatic carbocycles. The van der Waals surface area contributed by atoms with Crippen LogP contribution in [-0.2, 0) is 0 Å². The first-order chi connectivity index (χ1) is 13.3. The summed E-state index contributed by atoms with van der Waals surface area (Å²) in [5.41, 5.74) is 5.17. The number of ether oxygens (including phenoxy) is 1. The minimum Gasteiger partial charge on any atom is -0.507 e. The van der Waals surface area contributed by atoms with E-state index in [1.165, 1.54) is 42.4 Å². The van der Waals surface area contributed by atoms with E-state index < -0.39 is 0 Å². The van der Waals surface area contributed by atoms with E-state index in [9.17, 15) is 5.11 Å². The molecular weight excluding hydrogens is 332 g/mol. The number of rotatable bonds is 3. The molecule has 0 unspecified atom stereocenters. The number of hydrogen-bond acceptors (Lipinski definition) is 2. The molecule has 138 valence electrons. The standard InChI is InChI=1S/C25H26O2/c1-27-19-13-14-23-22(15-16-25(26)24(23)17-19)21-12-8-7-11-20(21)18-9-5-3-2-4-6-10-18/h7-9,11-17,26H,2-6,10H2,1H3/b18-9+. The normalized spacial score (nSPS) is 17.0. The Balaban J connectivity index is 1.88. The second-order valence-corrected chi connectivity index (χ2v) is 7.27. The molecule has 0 amide bonds. The van der Waals surface area contributed by atoms with Crippen LogP contribution in [0.4, 0.5) is 0 Å². The van der Waals surface area contributed by atoms with Crippen molar-refractivity contribution < 1.29 is 9.84 Å². The second-order valence-electron chi connectivity index (χ2n) is 7.27. The van der Waals surface area contributed by atoms with Crippen LogP contribution in [0.5, 0.6) is 11.5 Å². The van der Waals surface area contributed by atoms with Crippen molar-refractivity contribution in [1.82, 2.24) is 0 Å². The van der Waals surface area contributed by atoms with Gasteiger partial charge in [0.15, 0.2) is 0 Å². The molecule has 4 rings (SSSR count). The van der Waals surface area contributed by atoms with Crippen molar-refractivity contribution in [2.45, 2.75) is 38.5 Å². The highest BCUT2D eigenvalue weighted by Crippen LogP contribution is 2.40. The van der Waals surface area contributed by atoms with Gasteiger partial charge in [-0.3, -0.25) is 0 Å². The number of methoxy groups -OCH3 is 1. The lowest BCUT2D eigenvalue weighted by Gasteiger charge is -2.17. The van der Waals surface area contributed by atoms with E-state index in [-0.39, 0.29) is 5.75 Å². The smallest absolute Gasteiger partial charge is 0.123 e. The molecule has 1 aliphatic rings. The number of hydrogen-bond donors (Lipinski definition) is 1. The zero-order valence-electron chi connectivity index (χ0n) is 15.9. The van der Waals surface area contributed by atoms with E-state index in [2.05, 4.69) is 30.3 Å². The van der Waals surface area contributed by atoms with Crippen LogP contribution >= 0.6 is 0 Å². The summed E-state index contributed by atoms with van der Waals surface area (Å²) in [4.78, 5) is 0. The molecule has 0 bridgehead atoms. The highest BCUT2D eigenvalue weighted by Gasteiger charge is 2.14. The summed E-state index contributed by atoms with van der Waals surface area (Å²) in [6.45, 7) is 0. The molecule has 0 aliphatic heterocycles. The van der Waals surface area contributed by atoms with Gasteiger partial charge in [-0.05, 0) is 77.6 Å². The maximum atomic E-state index is 10.4. The van der Waals surface area contributed by atoms with Crippen LogP contribution < -0.4 is 4.74 Å². The molecule has 1 N–H and O–H groups in total. The maximum absolute atomic E-state index is 10.4. The fourth-order valence-corrected chi connectivity index (χ4v) is 4.11. The lowest BCUT2D eigenvalue weighted by molar-refractivity contribution is 0.415. The van der Waals surface area contributed by atoms with Crippen LogP contribution in [0.25, 0.3) is 27.5 Å². The van der Waals surface area contributed by atoms with Gasteiger partial charge in [0.05, 0.1) is 7.11 Å². The van der Waals surface area contributed by atoms with Crippen LogP contribution in [0.3, 0.4) is 0 Å². The number of phenolic OH excluding ortho intramolecular Hbond substituents is 1. The van der Waals surface area contributed by atoms with Gasteiger partial charge in [-0.15, -0.1) is 0 Å². The summed E-state index contributed by atoms with van der Waals surface area (Å²) in [5, 5.41) is 12.3. The Morgan fingerprint density at radius 1 is 0.778 bits per heavy atom. The van der Waals surface area contributed by atoms with Gasteiger partial charge in [0.2, 0.25) is 0 Å². The topological polar surface area (TPSA) is 29.5 Å². The van der Waals surface area contributed by atoms with Crippen LogP contribution in [0.15, 0.2) is 60.7 Å². The lowest BCUT2D eigenvalue weighted by Crippen LogP contribution is -1.94. The van der Waals surface area contributed by atoms with Gasteiger partial charge in [0.1, 0.15) is 11.5 Å². The third-order valence-electron chi connectivity index (χ3n) is 5.55. The average Bonchev–Trinajstić information content (AvgIpc) is 2.68. The van der Waals surface area contributed by atoms with Gasteiger partial charge in [-0.2, -0.15) is 0 Å². The SMILES string of the molecule is COc1ccc2c(-c3ccccc3/C3=C/CCCCCC3)ccc(O)c2c1. The van der Waals surface area contributed by atoms with Crippen molar-refractivity contribution in [1.29, 1.82) is 0 Å². The van der Waals surface area contributed by atoms with E-state index >= 15 is 0 Å². The molecule has 1 aliphatic carbocycles. The molecule has 2 heteroatoms. The molecule has 3 aromatic rings. The fourth-order valence-electron chi connectivity index (χ4n) is 4.11. The number of fused-ring (bicyclic) bond motifs is 1. The van der Waals surface area contributed by atoms with Gasteiger partial charge in [0, 0.05) is 5.39 Å². The minimum absolute atomic E-state index is 0.287. The molecule has 0 heterocycles. The Bertz CT molecular complexity index is 985. The van der Waals surface area contributed by atoms with E-state index in [0.717, 1.165) is 34.9 Å². The molecule has 0 fully saturated rings. The number of allylic oxidation sites excluding steroid dienone is 2. The molecular formula is C25H26O2. The second kappa shape index (κ2) is 7.87. The van der Waals surface area contributed by atoms with Crippen molar-refractivity contribution in [2.24, 2.45) is 0 Å². The first-order valence-corrected chi connectivity index (χ1v) is 9.86. The first-order valence-electron chi connectivity index (χ1n) is 9.86. The summed E-state index contributed by atoms with van der Waals surface area (Å²) in [5.74, 6) is 1.04. The summed E-state index contributed by atoms with van der Waals surface area (Å²) in [6.07, 6.45) is 9.94. The predicted molar refractivity (Wildman–Crippen MR) is 113 cm³/mol. The van der Waals surface area contributed by atoms with Crippen LogP contribution in [0, 0.1) is 0 Å². The largest absolute Gasteiger partial charge is 0.507 e. The zero-order chi connectivity index (χ0) is 18.6. The zero-order valence-corrected chi connectivity index (χ0v) is 15.9. The van der Waals surface area contributed by atoms with Crippen molar-refractivity contribution in [3.05, 3.63) is 66.2 Å². The number of aromatic hydroxyl groups is 1. The molecule has 27 heavy (non-hydrogen) atoms. The molecule has 0 radical (unpaired) electrons. The Hall–Kier alpha value is -2.74. The average molecular weight is 358 g/mol. The van der Waals surface area contributed by atoms with Gasteiger partial charge in [-0.1, -0.05) is 49.2 Å².